The zero-order valence-electron chi connectivity index (χ0n) is 27.0. The molecule has 0 spiro atoms. The van der Waals surface area contributed by atoms with Gasteiger partial charge in [-0.3, -0.25) is 0 Å². The maximum absolute atomic E-state index is 12.6. The average molecular weight is 729 g/mol. The molecule has 14 heteroatoms. The topological polar surface area (TPSA) is 96.3 Å². The predicted molar refractivity (Wildman–Crippen MR) is 186 cm³/mol. The summed E-state index contributed by atoms with van der Waals surface area (Å²) in [5, 5.41) is 4.78. The fraction of sp³-hybridized carbons (Fsp3) is 0.167. The number of alkyl halides is 6. The lowest BCUT2D eigenvalue weighted by molar-refractivity contribution is -0.138. The van der Waals surface area contributed by atoms with E-state index in [9.17, 15) is 26.3 Å². The number of aryl methyl sites for hydroxylation is 4. The quantitative estimate of drug-likeness (QED) is 0.166. The Labute approximate surface area is 292 Å². The van der Waals surface area contributed by atoms with Crippen molar-refractivity contribution in [3.8, 4) is 45.5 Å². The zero-order chi connectivity index (χ0) is 36.4. The summed E-state index contributed by atoms with van der Waals surface area (Å²) >= 11 is 2.74. The largest absolute Gasteiger partial charge is 0.457 e. The zero-order valence-corrected chi connectivity index (χ0v) is 28.7. The van der Waals surface area contributed by atoms with Crippen molar-refractivity contribution in [3.63, 3.8) is 0 Å². The second kappa shape index (κ2) is 14.4. The number of nitrogens with two attached hydrogens (primary N) is 2. The lowest BCUT2D eigenvalue weighted by Crippen LogP contribution is -2.04. The highest BCUT2D eigenvalue weighted by atomic mass is 32.1. The number of halogens is 6. The molecule has 0 saturated carbocycles. The van der Waals surface area contributed by atoms with Gasteiger partial charge in [0, 0.05) is 21.9 Å². The monoisotopic (exact) mass is 728 g/mol. The van der Waals surface area contributed by atoms with Crippen LogP contribution in [0, 0.1) is 27.7 Å². The van der Waals surface area contributed by atoms with E-state index in [1.54, 1.807) is 0 Å². The molecule has 0 unspecified atom stereocenters. The molecule has 0 saturated heterocycles. The van der Waals surface area contributed by atoms with Gasteiger partial charge in [0.05, 0.1) is 22.5 Å². The van der Waals surface area contributed by atoms with E-state index in [1.165, 1.54) is 46.9 Å². The molecule has 0 bridgehead atoms. The molecule has 0 aliphatic heterocycles. The third-order valence-corrected chi connectivity index (χ3v) is 8.75. The summed E-state index contributed by atoms with van der Waals surface area (Å²) in [6.45, 7) is 7.71. The normalized spacial score (nSPS) is 11.6. The van der Waals surface area contributed by atoms with Gasteiger partial charge in [-0.25, -0.2) is 9.97 Å². The average Bonchev–Trinajstić information content (AvgIpc) is 3.64. The number of rotatable bonds is 6. The van der Waals surface area contributed by atoms with E-state index >= 15 is 0 Å². The summed E-state index contributed by atoms with van der Waals surface area (Å²) in [7, 11) is 0. The van der Waals surface area contributed by atoms with Gasteiger partial charge in [0.1, 0.15) is 23.0 Å². The summed E-state index contributed by atoms with van der Waals surface area (Å²) in [5.74, 6) is 1.80. The Balaban J connectivity index is 0.000000194. The van der Waals surface area contributed by atoms with Crippen molar-refractivity contribution in [2.45, 2.75) is 40.0 Å². The first-order chi connectivity index (χ1) is 23.5. The Morgan fingerprint density at radius 2 is 0.800 bits per heavy atom. The van der Waals surface area contributed by atoms with Crippen LogP contribution in [0.25, 0.3) is 22.5 Å². The molecule has 0 fully saturated rings. The molecular formula is C36H30F6N4O2S2. The van der Waals surface area contributed by atoms with Crippen LogP contribution in [-0.2, 0) is 12.4 Å². The number of aromatic nitrogens is 2. The van der Waals surface area contributed by atoms with E-state index in [0.29, 0.717) is 33.3 Å². The van der Waals surface area contributed by atoms with Gasteiger partial charge >= 0.3 is 12.4 Å². The molecule has 0 atom stereocenters. The summed E-state index contributed by atoms with van der Waals surface area (Å²) in [5.41, 5.74) is 17.3. The molecule has 6 aromatic rings. The SMILES string of the molecule is Cc1cc(Oc2ccc(C(F)(F)F)cc2)cc(C)c1-c1csc(N)n1.Cc1cc(Oc2ccc(C(F)(F)F)cc2)cc(C)c1-c1csc(N)n1. The van der Waals surface area contributed by atoms with Gasteiger partial charge < -0.3 is 20.9 Å². The summed E-state index contributed by atoms with van der Waals surface area (Å²) in [4.78, 5) is 8.60. The summed E-state index contributed by atoms with van der Waals surface area (Å²) < 4.78 is 87.0. The van der Waals surface area contributed by atoms with E-state index in [2.05, 4.69) is 9.97 Å². The molecule has 2 heterocycles. The molecular weight excluding hydrogens is 699 g/mol. The van der Waals surface area contributed by atoms with Crippen LogP contribution in [0.15, 0.2) is 83.6 Å². The maximum atomic E-state index is 12.6. The molecule has 50 heavy (non-hydrogen) atoms. The Hall–Kier alpha value is -5.08. The molecule has 260 valence electrons. The van der Waals surface area contributed by atoms with Gasteiger partial charge in [0.25, 0.3) is 0 Å². The summed E-state index contributed by atoms with van der Waals surface area (Å²) in [6, 6.07) is 16.6. The van der Waals surface area contributed by atoms with Gasteiger partial charge in [-0.15, -0.1) is 22.7 Å². The minimum Gasteiger partial charge on any atom is -0.457 e. The first-order valence-corrected chi connectivity index (χ1v) is 16.6. The molecule has 0 aliphatic rings. The number of nitrogen functional groups attached to an aromatic ring is 2. The van der Waals surface area contributed by atoms with E-state index in [4.69, 9.17) is 20.9 Å². The second-order valence-electron chi connectivity index (χ2n) is 11.3. The van der Waals surface area contributed by atoms with Crippen LogP contribution in [0.2, 0.25) is 0 Å². The smallest absolute Gasteiger partial charge is 0.416 e. The number of nitrogens with zero attached hydrogens (tertiary/aromatic N) is 2. The standard InChI is InChI=1S/2C18H15F3N2OS/c2*1-10-7-14(8-11(2)16(10)15-9-25-17(22)23-15)24-13-5-3-12(4-6-13)18(19,20)21/h2*3-9H,1-2H3,(H2,22,23). The predicted octanol–water partition coefficient (Wildman–Crippen LogP) is 11.6. The number of benzene rings is 4. The van der Waals surface area contributed by atoms with Gasteiger partial charge in [0.2, 0.25) is 0 Å². The van der Waals surface area contributed by atoms with Gasteiger partial charge in [-0.1, -0.05) is 0 Å². The lowest BCUT2D eigenvalue weighted by atomic mass is 10.0. The fourth-order valence-electron chi connectivity index (χ4n) is 5.27. The Morgan fingerprint density at radius 1 is 0.500 bits per heavy atom. The molecule has 0 amide bonds. The molecule has 4 aromatic carbocycles. The first kappa shape index (κ1) is 36.2. The number of thiazole rings is 2. The fourth-order valence-corrected chi connectivity index (χ4v) is 6.38. The van der Waals surface area contributed by atoms with Crippen molar-refractivity contribution in [3.05, 3.63) is 117 Å². The van der Waals surface area contributed by atoms with E-state index < -0.39 is 23.5 Å². The molecule has 6 rings (SSSR count). The van der Waals surface area contributed by atoms with Crippen LogP contribution in [0.4, 0.5) is 36.6 Å². The van der Waals surface area contributed by atoms with Gasteiger partial charge in [-0.05, 0) is 123 Å². The van der Waals surface area contributed by atoms with Crippen molar-refractivity contribution in [1.82, 2.24) is 9.97 Å². The van der Waals surface area contributed by atoms with Gasteiger partial charge in [0.15, 0.2) is 10.3 Å². The van der Waals surface area contributed by atoms with Crippen LogP contribution in [0.1, 0.15) is 33.4 Å². The highest BCUT2D eigenvalue weighted by Gasteiger charge is 2.31. The number of hydrogen-bond donors (Lipinski definition) is 2. The molecule has 6 nitrogen and oxygen atoms in total. The van der Waals surface area contributed by atoms with Crippen LogP contribution in [0.3, 0.4) is 0 Å². The van der Waals surface area contributed by atoms with Crippen molar-refractivity contribution in [2.75, 3.05) is 11.5 Å². The van der Waals surface area contributed by atoms with Gasteiger partial charge in [-0.2, -0.15) is 26.3 Å². The second-order valence-corrected chi connectivity index (χ2v) is 13.0. The van der Waals surface area contributed by atoms with Crippen LogP contribution in [-0.4, -0.2) is 9.97 Å². The number of hydrogen-bond acceptors (Lipinski definition) is 8. The van der Waals surface area contributed by atoms with Crippen LogP contribution < -0.4 is 20.9 Å². The highest BCUT2D eigenvalue weighted by Crippen LogP contribution is 2.37. The lowest BCUT2D eigenvalue weighted by Gasteiger charge is -2.13. The Morgan fingerprint density at radius 3 is 1.04 bits per heavy atom. The van der Waals surface area contributed by atoms with Crippen molar-refractivity contribution < 1.29 is 35.8 Å². The van der Waals surface area contributed by atoms with Crippen molar-refractivity contribution in [2.24, 2.45) is 0 Å². The minimum absolute atomic E-state index is 0.345. The summed E-state index contributed by atoms with van der Waals surface area (Å²) in [6.07, 6.45) is -8.72. The van der Waals surface area contributed by atoms with Crippen molar-refractivity contribution >= 4 is 32.9 Å². The maximum Gasteiger partial charge on any atom is 0.416 e. The number of anilines is 2. The van der Waals surface area contributed by atoms with E-state index in [-0.39, 0.29) is 0 Å². The van der Waals surface area contributed by atoms with E-state index in [0.717, 1.165) is 69.0 Å². The molecule has 0 aliphatic carbocycles. The Bertz CT molecular complexity index is 1910. The highest BCUT2D eigenvalue weighted by molar-refractivity contribution is 7.14. The molecule has 4 N–H and O–H groups in total. The minimum atomic E-state index is -4.36. The van der Waals surface area contributed by atoms with Crippen LogP contribution in [0.5, 0.6) is 23.0 Å². The third kappa shape index (κ3) is 8.74. The molecule has 0 radical (unpaired) electrons. The first-order valence-electron chi connectivity index (χ1n) is 14.8. The molecule has 2 aromatic heterocycles. The van der Waals surface area contributed by atoms with E-state index in [1.807, 2.05) is 62.7 Å². The number of ether oxygens (including phenoxy) is 2. The Kier molecular flexibility index (Phi) is 10.4. The van der Waals surface area contributed by atoms with Crippen LogP contribution >= 0.6 is 22.7 Å². The third-order valence-electron chi connectivity index (χ3n) is 7.40. The van der Waals surface area contributed by atoms with Crippen molar-refractivity contribution in [1.29, 1.82) is 0 Å².